The standard InChI is InChI=1S/C26H28N4O3S/c1-32-21-9-8-18(14-22(21)33-2)15-29-10-12-30(13-11-29)16-23-27-25(31)24-20(17-34-26(24)28-23)19-6-4-3-5-7-19/h3-9,14,17H,10-13,15-16H2,1-2H3,(H,27,28,31). The number of rotatable bonds is 7. The molecule has 0 spiro atoms. The summed E-state index contributed by atoms with van der Waals surface area (Å²) in [5.74, 6) is 2.23. The second-order valence-electron chi connectivity index (χ2n) is 8.45. The van der Waals surface area contributed by atoms with E-state index in [0.29, 0.717) is 11.9 Å². The minimum absolute atomic E-state index is 0.0628. The average molecular weight is 477 g/mol. The van der Waals surface area contributed by atoms with Gasteiger partial charge in [-0.3, -0.25) is 14.6 Å². The highest BCUT2D eigenvalue weighted by Crippen LogP contribution is 2.31. The summed E-state index contributed by atoms with van der Waals surface area (Å²) in [7, 11) is 3.31. The summed E-state index contributed by atoms with van der Waals surface area (Å²) < 4.78 is 10.8. The molecule has 1 N–H and O–H groups in total. The normalized spacial score (nSPS) is 15.0. The van der Waals surface area contributed by atoms with Crippen LogP contribution in [-0.2, 0) is 13.1 Å². The van der Waals surface area contributed by atoms with Crippen molar-refractivity contribution in [3.63, 3.8) is 0 Å². The van der Waals surface area contributed by atoms with E-state index in [1.165, 1.54) is 16.9 Å². The molecule has 1 fully saturated rings. The van der Waals surface area contributed by atoms with Gasteiger partial charge in [-0.05, 0) is 23.3 Å². The molecule has 0 unspecified atom stereocenters. The molecular weight excluding hydrogens is 448 g/mol. The fraction of sp³-hybridized carbons (Fsp3) is 0.308. The molecule has 7 nitrogen and oxygen atoms in total. The summed E-state index contributed by atoms with van der Waals surface area (Å²) in [6.07, 6.45) is 0. The Bertz CT molecular complexity index is 1330. The molecule has 1 aliphatic rings. The molecule has 4 aromatic rings. The van der Waals surface area contributed by atoms with Crippen molar-refractivity contribution in [2.24, 2.45) is 0 Å². The van der Waals surface area contributed by atoms with Crippen molar-refractivity contribution in [2.75, 3.05) is 40.4 Å². The van der Waals surface area contributed by atoms with E-state index in [0.717, 1.165) is 66.0 Å². The number of hydrogen-bond donors (Lipinski definition) is 1. The SMILES string of the molecule is COc1ccc(CN2CCN(Cc3nc4scc(-c5ccccc5)c4c(=O)[nH]3)CC2)cc1OC. The van der Waals surface area contributed by atoms with Crippen LogP contribution in [0.2, 0.25) is 0 Å². The van der Waals surface area contributed by atoms with Gasteiger partial charge < -0.3 is 14.5 Å². The highest BCUT2D eigenvalue weighted by atomic mass is 32.1. The Morgan fingerprint density at radius 3 is 2.35 bits per heavy atom. The second kappa shape index (κ2) is 9.97. The molecule has 3 heterocycles. The van der Waals surface area contributed by atoms with Gasteiger partial charge in [0.15, 0.2) is 11.5 Å². The summed E-state index contributed by atoms with van der Waals surface area (Å²) in [6, 6.07) is 16.1. The molecule has 0 bridgehead atoms. The van der Waals surface area contributed by atoms with Crippen LogP contribution in [0.5, 0.6) is 11.5 Å². The Hall–Kier alpha value is -3.20. The van der Waals surface area contributed by atoms with Crippen molar-refractivity contribution in [3.05, 3.63) is 75.7 Å². The monoisotopic (exact) mass is 476 g/mol. The third-order valence-electron chi connectivity index (χ3n) is 6.27. The van der Waals surface area contributed by atoms with Crippen LogP contribution in [0.15, 0.2) is 58.7 Å². The maximum atomic E-state index is 12.9. The van der Waals surface area contributed by atoms with E-state index in [1.54, 1.807) is 14.2 Å². The first-order chi connectivity index (χ1) is 16.6. The Morgan fingerprint density at radius 1 is 0.941 bits per heavy atom. The lowest BCUT2D eigenvalue weighted by molar-refractivity contribution is 0.120. The number of hydrogen-bond acceptors (Lipinski definition) is 7. The third-order valence-corrected chi connectivity index (χ3v) is 7.14. The van der Waals surface area contributed by atoms with Crippen molar-refractivity contribution in [1.82, 2.24) is 19.8 Å². The van der Waals surface area contributed by atoms with Crippen molar-refractivity contribution >= 4 is 21.6 Å². The smallest absolute Gasteiger partial charge is 0.260 e. The number of fused-ring (bicyclic) bond motifs is 1. The van der Waals surface area contributed by atoms with Gasteiger partial charge in [-0.1, -0.05) is 36.4 Å². The van der Waals surface area contributed by atoms with Gasteiger partial charge in [0.2, 0.25) is 0 Å². The number of benzene rings is 2. The second-order valence-corrected chi connectivity index (χ2v) is 9.31. The first-order valence-electron chi connectivity index (χ1n) is 11.4. The number of thiophene rings is 1. The summed E-state index contributed by atoms with van der Waals surface area (Å²) >= 11 is 1.53. The number of H-pyrrole nitrogens is 1. The number of piperazine rings is 1. The van der Waals surface area contributed by atoms with Gasteiger partial charge in [-0.2, -0.15) is 0 Å². The predicted molar refractivity (Wildman–Crippen MR) is 136 cm³/mol. The highest BCUT2D eigenvalue weighted by molar-refractivity contribution is 7.17. The van der Waals surface area contributed by atoms with E-state index in [-0.39, 0.29) is 5.56 Å². The molecule has 1 saturated heterocycles. The molecule has 0 aliphatic carbocycles. The van der Waals surface area contributed by atoms with Gasteiger partial charge >= 0.3 is 0 Å². The van der Waals surface area contributed by atoms with Crippen LogP contribution in [-0.4, -0.2) is 60.2 Å². The summed E-state index contributed by atoms with van der Waals surface area (Å²) in [6.45, 7) is 5.28. The first-order valence-corrected chi connectivity index (χ1v) is 12.2. The molecule has 0 saturated carbocycles. The van der Waals surface area contributed by atoms with E-state index in [4.69, 9.17) is 14.5 Å². The quantitative estimate of drug-likeness (QED) is 0.435. The van der Waals surface area contributed by atoms with Gasteiger partial charge in [0.05, 0.1) is 26.2 Å². The maximum Gasteiger partial charge on any atom is 0.260 e. The van der Waals surface area contributed by atoms with Crippen molar-refractivity contribution in [1.29, 1.82) is 0 Å². The zero-order valence-corrected chi connectivity index (χ0v) is 20.2. The fourth-order valence-corrected chi connectivity index (χ4v) is 5.42. The zero-order chi connectivity index (χ0) is 23.5. The lowest BCUT2D eigenvalue weighted by Crippen LogP contribution is -2.45. The molecule has 2 aromatic heterocycles. The van der Waals surface area contributed by atoms with Crippen LogP contribution in [0.25, 0.3) is 21.3 Å². The van der Waals surface area contributed by atoms with Crippen LogP contribution in [0.4, 0.5) is 0 Å². The summed E-state index contributed by atoms with van der Waals surface area (Å²) in [5, 5.41) is 2.71. The van der Waals surface area contributed by atoms with Crippen LogP contribution in [0.3, 0.4) is 0 Å². The largest absolute Gasteiger partial charge is 0.493 e. The molecule has 1 aliphatic heterocycles. The molecule has 0 atom stereocenters. The van der Waals surface area contributed by atoms with Crippen LogP contribution in [0.1, 0.15) is 11.4 Å². The molecule has 176 valence electrons. The van der Waals surface area contributed by atoms with E-state index < -0.39 is 0 Å². The minimum Gasteiger partial charge on any atom is -0.493 e. The molecule has 34 heavy (non-hydrogen) atoms. The summed E-state index contributed by atoms with van der Waals surface area (Å²) in [4.78, 5) is 26.3. The fourth-order valence-electron chi connectivity index (χ4n) is 4.45. The van der Waals surface area contributed by atoms with Crippen molar-refractivity contribution < 1.29 is 9.47 Å². The zero-order valence-electron chi connectivity index (χ0n) is 19.4. The summed E-state index contributed by atoms with van der Waals surface area (Å²) in [5.41, 5.74) is 3.13. The molecule has 5 rings (SSSR count). The van der Waals surface area contributed by atoms with Crippen molar-refractivity contribution in [2.45, 2.75) is 13.1 Å². The third kappa shape index (κ3) is 4.70. The number of nitrogens with zero attached hydrogens (tertiary/aromatic N) is 3. The predicted octanol–water partition coefficient (Wildman–Crippen LogP) is 3.99. The van der Waals surface area contributed by atoms with Gasteiger partial charge in [0.1, 0.15) is 10.7 Å². The van der Waals surface area contributed by atoms with Gasteiger partial charge in [0, 0.05) is 43.7 Å². The van der Waals surface area contributed by atoms with E-state index in [1.807, 2.05) is 47.8 Å². The number of methoxy groups -OCH3 is 2. The number of nitrogens with one attached hydrogen (secondary N) is 1. The molecule has 2 aromatic carbocycles. The first kappa shape index (κ1) is 22.6. The Kier molecular flexibility index (Phi) is 6.62. The Morgan fingerprint density at radius 2 is 1.65 bits per heavy atom. The lowest BCUT2D eigenvalue weighted by Gasteiger charge is -2.34. The number of ether oxygens (including phenoxy) is 2. The lowest BCUT2D eigenvalue weighted by atomic mass is 10.1. The van der Waals surface area contributed by atoms with Gasteiger partial charge in [-0.25, -0.2) is 4.98 Å². The minimum atomic E-state index is -0.0628. The Labute approximate surface area is 202 Å². The molecule has 0 radical (unpaired) electrons. The van der Waals surface area contributed by atoms with Crippen LogP contribution < -0.4 is 15.0 Å². The number of aromatic nitrogens is 2. The maximum absolute atomic E-state index is 12.9. The highest BCUT2D eigenvalue weighted by Gasteiger charge is 2.20. The molecular formula is C26H28N4O3S. The molecule has 0 amide bonds. The van der Waals surface area contributed by atoms with E-state index in [2.05, 4.69) is 20.9 Å². The topological polar surface area (TPSA) is 70.7 Å². The van der Waals surface area contributed by atoms with Crippen LogP contribution in [0, 0.1) is 0 Å². The average Bonchev–Trinajstić information content (AvgIpc) is 3.30. The van der Waals surface area contributed by atoms with E-state index >= 15 is 0 Å². The molecule has 8 heteroatoms. The van der Waals surface area contributed by atoms with E-state index in [9.17, 15) is 4.79 Å². The number of aromatic amines is 1. The van der Waals surface area contributed by atoms with Gasteiger partial charge in [-0.15, -0.1) is 11.3 Å². The Balaban J connectivity index is 1.23. The van der Waals surface area contributed by atoms with Crippen molar-refractivity contribution in [3.8, 4) is 22.6 Å². The van der Waals surface area contributed by atoms with Crippen LogP contribution >= 0.6 is 11.3 Å². The van der Waals surface area contributed by atoms with Gasteiger partial charge in [0.25, 0.3) is 5.56 Å².